The number of benzene rings is 1. The molecule has 5 nitrogen and oxygen atoms in total. The van der Waals surface area contributed by atoms with Crippen LogP contribution >= 0.6 is 11.6 Å². The molecule has 0 heterocycles. The number of aliphatic carboxylic acids is 1. The molecule has 0 aliphatic rings. The number of hydrogen-bond acceptors (Lipinski definition) is 3. The fraction of sp³-hybridized carbons (Fsp3) is 0.417. The van der Waals surface area contributed by atoms with Crippen LogP contribution in [-0.2, 0) is 14.8 Å². The molecule has 0 fully saturated rings. The van der Waals surface area contributed by atoms with Crippen molar-refractivity contribution in [3.8, 4) is 0 Å². The molecule has 0 radical (unpaired) electrons. The highest BCUT2D eigenvalue weighted by molar-refractivity contribution is 7.89. The van der Waals surface area contributed by atoms with Gasteiger partial charge in [-0.1, -0.05) is 31.9 Å². The number of carbonyl (C=O) groups is 1. The number of halogens is 2. The van der Waals surface area contributed by atoms with Gasteiger partial charge in [0.25, 0.3) is 0 Å². The Morgan fingerprint density at radius 2 is 2.10 bits per heavy atom. The molecule has 1 aromatic carbocycles. The van der Waals surface area contributed by atoms with Crippen molar-refractivity contribution in [1.82, 2.24) is 4.72 Å². The molecule has 112 valence electrons. The van der Waals surface area contributed by atoms with Crippen molar-refractivity contribution in [2.45, 2.75) is 31.2 Å². The number of sulfonamides is 1. The summed E-state index contributed by atoms with van der Waals surface area (Å²) in [6.45, 7) is 3.38. The van der Waals surface area contributed by atoms with Gasteiger partial charge < -0.3 is 5.11 Å². The number of nitrogens with one attached hydrogen (secondary N) is 1. The molecule has 8 heteroatoms. The highest BCUT2D eigenvalue weighted by Crippen LogP contribution is 2.20. The van der Waals surface area contributed by atoms with E-state index in [0.29, 0.717) is 6.42 Å². The summed E-state index contributed by atoms with van der Waals surface area (Å²) in [5, 5.41) is 8.73. The van der Waals surface area contributed by atoms with Crippen LogP contribution < -0.4 is 4.72 Å². The first kappa shape index (κ1) is 16.9. The lowest BCUT2D eigenvalue weighted by Crippen LogP contribution is -2.44. The fourth-order valence-electron chi connectivity index (χ4n) is 1.52. The molecule has 2 N–H and O–H groups in total. The molecular formula is C12H15ClFNO4S. The minimum absolute atomic E-state index is 0.279. The largest absolute Gasteiger partial charge is 0.480 e. The first-order valence-electron chi connectivity index (χ1n) is 5.89. The van der Waals surface area contributed by atoms with Crippen LogP contribution in [0.4, 0.5) is 4.39 Å². The molecule has 0 aromatic heterocycles. The Morgan fingerprint density at radius 1 is 1.50 bits per heavy atom. The zero-order valence-corrected chi connectivity index (χ0v) is 12.5. The number of carboxylic acid groups (broad SMARTS) is 1. The molecule has 0 amide bonds. The van der Waals surface area contributed by atoms with Gasteiger partial charge in [-0.25, -0.2) is 12.8 Å². The fourth-order valence-corrected chi connectivity index (χ4v) is 3.09. The second kappa shape index (κ2) is 6.51. The minimum Gasteiger partial charge on any atom is -0.480 e. The highest BCUT2D eigenvalue weighted by atomic mass is 35.5. The van der Waals surface area contributed by atoms with Gasteiger partial charge in [0.05, 0.1) is 9.92 Å². The maximum Gasteiger partial charge on any atom is 0.322 e. The van der Waals surface area contributed by atoms with E-state index in [1.54, 1.807) is 13.8 Å². The van der Waals surface area contributed by atoms with Gasteiger partial charge in [-0.2, -0.15) is 4.72 Å². The van der Waals surface area contributed by atoms with E-state index in [1.807, 2.05) is 0 Å². The van der Waals surface area contributed by atoms with Gasteiger partial charge in [-0.15, -0.1) is 0 Å². The van der Waals surface area contributed by atoms with Crippen molar-refractivity contribution in [3.63, 3.8) is 0 Å². The summed E-state index contributed by atoms with van der Waals surface area (Å²) >= 11 is 5.53. The quantitative estimate of drug-likeness (QED) is 0.841. The van der Waals surface area contributed by atoms with Gasteiger partial charge in [-0.3, -0.25) is 4.79 Å². The SMILES string of the molecule is CCC(C)[C@H](NS(=O)(=O)c1ccc(F)c(Cl)c1)C(=O)O. The molecule has 0 saturated carbocycles. The van der Waals surface area contributed by atoms with Crippen molar-refractivity contribution in [1.29, 1.82) is 0 Å². The summed E-state index contributed by atoms with van der Waals surface area (Å²) in [5.41, 5.74) is 0. The Kier molecular flexibility index (Phi) is 5.50. The van der Waals surface area contributed by atoms with Crippen molar-refractivity contribution in [2.24, 2.45) is 5.92 Å². The molecule has 0 saturated heterocycles. The Balaban J connectivity index is 3.09. The lowest BCUT2D eigenvalue weighted by atomic mass is 10.0. The molecular weight excluding hydrogens is 309 g/mol. The Hall–Kier alpha value is -1.18. The maximum atomic E-state index is 13.0. The summed E-state index contributed by atoms with van der Waals surface area (Å²) in [7, 11) is -4.08. The van der Waals surface area contributed by atoms with Crippen LogP contribution in [0.1, 0.15) is 20.3 Å². The molecule has 1 rings (SSSR count). The Labute approximate surface area is 121 Å². The van der Waals surface area contributed by atoms with Crippen LogP contribution in [0.15, 0.2) is 23.1 Å². The van der Waals surface area contributed by atoms with Crippen molar-refractivity contribution >= 4 is 27.6 Å². The molecule has 0 aliphatic heterocycles. The topological polar surface area (TPSA) is 83.5 Å². The molecule has 0 aliphatic carbocycles. The van der Waals surface area contributed by atoms with Crippen LogP contribution in [0.3, 0.4) is 0 Å². The van der Waals surface area contributed by atoms with Crippen LogP contribution in [0.25, 0.3) is 0 Å². The molecule has 1 aromatic rings. The Morgan fingerprint density at radius 3 is 2.55 bits per heavy atom. The second-order valence-corrected chi connectivity index (χ2v) is 6.52. The third kappa shape index (κ3) is 3.91. The molecule has 0 spiro atoms. The van der Waals surface area contributed by atoms with Crippen molar-refractivity contribution in [3.05, 3.63) is 29.0 Å². The lowest BCUT2D eigenvalue weighted by molar-refractivity contribution is -0.140. The standard InChI is InChI=1S/C12H15ClFNO4S/c1-3-7(2)11(12(16)17)15-20(18,19)8-4-5-10(14)9(13)6-8/h4-7,11,15H,3H2,1-2H3,(H,16,17)/t7?,11-/m0/s1. The van der Waals surface area contributed by atoms with Gasteiger partial charge in [0.1, 0.15) is 11.9 Å². The molecule has 1 unspecified atom stereocenters. The summed E-state index contributed by atoms with van der Waals surface area (Å²) in [6.07, 6.45) is 0.490. The monoisotopic (exact) mass is 323 g/mol. The third-order valence-corrected chi connectivity index (χ3v) is 4.69. The summed E-state index contributed by atoms with van der Waals surface area (Å²) in [5.74, 6) is -2.41. The van der Waals surface area contributed by atoms with E-state index in [4.69, 9.17) is 16.7 Å². The second-order valence-electron chi connectivity index (χ2n) is 4.40. The predicted octanol–water partition coefficient (Wildman–Crippen LogP) is 2.26. The lowest BCUT2D eigenvalue weighted by Gasteiger charge is -2.20. The number of carboxylic acids is 1. The van der Waals surface area contributed by atoms with Crippen LogP contribution in [0.5, 0.6) is 0 Å². The van der Waals surface area contributed by atoms with Crippen molar-refractivity contribution < 1.29 is 22.7 Å². The van der Waals surface area contributed by atoms with E-state index in [-0.39, 0.29) is 9.92 Å². The summed E-state index contributed by atoms with van der Waals surface area (Å²) in [6, 6.07) is 1.62. The van der Waals surface area contributed by atoms with Gasteiger partial charge in [0, 0.05) is 0 Å². The molecule has 0 bridgehead atoms. The Bertz CT molecular complexity index is 605. The number of rotatable bonds is 6. The average molecular weight is 324 g/mol. The third-order valence-electron chi connectivity index (χ3n) is 2.96. The van der Waals surface area contributed by atoms with E-state index in [2.05, 4.69) is 4.72 Å². The average Bonchev–Trinajstić information content (AvgIpc) is 2.38. The summed E-state index contributed by atoms with van der Waals surface area (Å²) in [4.78, 5) is 10.8. The van der Waals surface area contributed by atoms with Crippen LogP contribution in [0, 0.1) is 11.7 Å². The molecule has 20 heavy (non-hydrogen) atoms. The first-order chi connectivity index (χ1) is 9.19. The summed E-state index contributed by atoms with van der Waals surface area (Å²) < 4.78 is 39.3. The van der Waals surface area contributed by atoms with Gasteiger partial charge >= 0.3 is 5.97 Å². The zero-order valence-electron chi connectivity index (χ0n) is 10.9. The van der Waals surface area contributed by atoms with Gasteiger partial charge in [0.2, 0.25) is 10.0 Å². The van der Waals surface area contributed by atoms with E-state index < -0.39 is 33.8 Å². The number of hydrogen-bond donors (Lipinski definition) is 2. The van der Waals surface area contributed by atoms with E-state index in [9.17, 15) is 17.6 Å². The first-order valence-corrected chi connectivity index (χ1v) is 7.75. The van der Waals surface area contributed by atoms with E-state index >= 15 is 0 Å². The van der Waals surface area contributed by atoms with Crippen LogP contribution in [-0.4, -0.2) is 25.5 Å². The smallest absolute Gasteiger partial charge is 0.322 e. The molecule has 2 atom stereocenters. The van der Waals surface area contributed by atoms with Gasteiger partial charge in [-0.05, 0) is 24.1 Å². The zero-order chi connectivity index (χ0) is 15.5. The normalized spacial score (nSPS) is 14.8. The van der Waals surface area contributed by atoms with E-state index in [0.717, 1.165) is 18.2 Å². The van der Waals surface area contributed by atoms with Crippen LogP contribution in [0.2, 0.25) is 5.02 Å². The minimum atomic E-state index is -4.08. The predicted molar refractivity (Wildman–Crippen MR) is 72.6 cm³/mol. The van der Waals surface area contributed by atoms with Gasteiger partial charge in [0.15, 0.2) is 0 Å². The maximum absolute atomic E-state index is 13.0. The van der Waals surface area contributed by atoms with E-state index in [1.165, 1.54) is 0 Å². The van der Waals surface area contributed by atoms with Crippen molar-refractivity contribution in [2.75, 3.05) is 0 Å². The highest BCUT2D eigenvalue weighted by Gasteiger charge is 2.29.